The van der Waals surface area contributed by atoms with E-state index in [0.717, 1.165) is 6.20 Å². The first kappa shape index (κ1) is 17.9. The summed E-state index contributed by atoms with van der Waals surface area (Å²) >= 11 is 5.75. The lowest BCUT2D eigenvalue weighted by atomic mass is 10.3. The maximum absolute atomic E-state index is 12.1. The zero-order valence-corrected chi connectivity index (χ0v) is 13.5. The highest BCUT2D eigenvalue weighted by atomic mass is 35.5. The molecule has 3 rings (SSSR count). The van der Waals surface area contributed by atoms with Gasteiger partial charge in [-0.1, -0.05) is 11.6 Å². The molecule has 7 heteroatoms. The first-order chi connectivity index (χ1) is 12.1. The van der Waals surface area contributed by atoms with Gasteiger partial charge in [-0.15, -0.1) is 0 Å². The minimum absolute atomic E-state index is 0.233. The van der Waals surface area contributed by atoms with E-state index in [1.807, 2.05) is 6.07 Å². The number of benzene rings is 1. The molecule has 2 heterocycles. The van der Waals surface area contributed by atoms with Gasteiger partial charge in [0.25, 0.3) is 0 Å². The molecular weight excluding hydrogens is 343 g/mol. The number of nitriles is 2. The molecule has 122 valence electrons. The van der Waals surface area contributed by atoms with Crippen LogP contribution in [0.15, 0.2) is 60.9 Å². The summed E-state index contributed by atoms with van der Waals surface area (Å²) in [6.07, 6.45) is 2.52. The summed E-state index contributed by atoms with van der Waals surface area (Å²) in [5.41, 5.74) is 0.597. The van der Waals surface area contributed by atoms with Crippen LogP contribution in [0.3, 0.4) is 0 Å². The second-order valence-corrected chi connectivity index (χ2v) is 4.96. The van der Waals surface area contributed by atoms with Crippen LogP contribution in [0.5, 0.6) is 11.5 Å². The van der Waals surface area contributed by atoms with Crippen LogP contribution in [-0.2, 0) is 0 Å². The van der Waals surface area contributed by atoms with E-state index < -0.39 is 5.82 Å². The molecule has 5 nitrogen and oxygen atoms in total. The van der Waals surface area contributed by atoms with Crippen LogP contribution in [0.2, 0.25) is 5.02 Å². The molecule has 3 aromatic rings. The Kier molecular flexibility index (Phi) is 6.41. The van der Waals surface area contributed by atoms with Crippen molar-refractivity contribution in [2.45, 2.75) is 0 Å². The number of hydrogen-bond acceptors (Lipinski definition) is 5. The summed E-state index contributed by atoms with van der Waals surface area (Å²) in [6, 6.07) is 16.6. The van der Waals surface area contributed by atoms with Gasteiger partial charge in [-0.3, -0.25) is 0 Å². The molecule has 0 aliphatic rings. The van der Waals surface area contributed by atoms with Gasteiger partial charge in [-0.25, -0.2) is 14.4 Å². The Balaban J connectivity index is 0.000000212. The zero-order chi connectivity index (χ0) is 18.1. The number of rotatable bonds is 2. The average Bonchev–Trinajstić information content (AvgIpc) is 2.65. The molecule has 0 saturated carbocycles. The van der Waals surface area contributed by atoms with Crippen LogP contribution < -0.4 is 4.74 Å². The lowest BCUT2D eigenvalue weighted by molar-refractivity contribution is 0.480. The second kappa shape index (κ2) is 8.97. The van der Waals surface area contributed by atoms with Crippen molar-refractivity contribution < 1.29 is 9.13 Å². The molecule has 0 radical (unpaired) electrons. The smallest absolute Gasteiger partial charge is 0.145 e. The summed E-state index contributed by atoms with van der Waals surface area (Å²) in [6.45, 7) is 0. The van der Waals surface area contributed by atoms with E-state index >= 15 is 0 Å². The molecule has 0 bridgehead atoms. The summed E-state index contributed by atoms with van der Waals surface area (Å²) in [4.78, 5) is 7.36. The van der Waals surface area contributed by atoms with E-state index in [1.54, 1.807) is 42.5 Å². The Morgan fingerprint density at radius 2 is 1.36 bits per heavy atom. The van der Waals surface area contributed by atoms with E-state index in [-0.39, 0.29) is 5.69 Å². The second-order valence-electron chi connectivity index (χ2n) is 4.52. The molecular formula is C18H10ClFN4O. The van der Waals surface area contributed by atoms with Crippen molar-refractivity contribution in [2.75, 3.05) is 0 Å². The van der Waals surface area contributed by atoms with Crippen molar-refractivity contribution in [1.82, 2.24) is 9.97 Å². The van der Waals surface area contributed by atoms with Gasteiger partial charge in [-0.2, -0.15) is 10.5 Å². The van der Waals surface area contributed by atoms with Crippen molar-refractivity contribution in [3.63, 3.8) is 0 Å². The Morgan fingerprint density at radius 3 is 1.84 bits per heavy atom. The molecule has 0 saturated heterocycles. The van der Waals surface area contributed by atoms with Crippen LogP contribution in [0.4, 0.5) is 4.39 Å². The molecule has 0 unspecified atom stereocenters. The van der Waals surface area contributed by atoms with Crippen molar-refractivity contribution in [2.24, 2.45) is 0 Å². The van der Waals surface area contributed by atoms with Gasteiger partial charge in [0, 0.05) is 5.02 Å². The van der Waals surface area contributed by atoms with E-state index in [9.17, 15) is 4.39 Å². The molecule has 0 fully saturated rings. The topological polar surface area (TPSA) is 82.6 Å². The third-order valence-corrected chi connectivity index (χ3v) is 2.99. The highest BCUT2D eigenvalue weighted by Crippen LogP contribution is 2.22. The quantitative estimate of drug-likeness (QED) is 0.678. The lowest BCUT2D eigenvalue weighted by Gasteiger charge is -2.04. The summed E-state index contributed by atoms with van der Waals surface area (Å²) < 4.78 is 17.6. The molecule has 25 heavy (non-hydrogen) atoms. The van der Waals surface area contributed by atoms with Gasteiger partial charge < -0.3 is 4.74 Å². The Hall–Kier alpha value is -3.48. The maximum Gasteiger partial charge on any atom is 0.145 e. The van der Waals surface area contributed by atoms with Crippen LogP contribution in [0.1, 0.15) is 11.4 Å². The Labute approximate surface area is 148 Å². The highest BCUT2D eigenvalue weighted by Gasteiger charge is 1.98. The molecule has 2 aromatic heterocycles. The molecule has 0 atom stereocenters. The SMILES string of the molecule is N#Cc1ccc(F)cn1.N#Cc1ccc(Oc2ccc(Cl)cc2)cn1. The van der Waals surface area contributed by atoms with Gasteiger partial charge in [-0.05, 0) is 48.5 Å². The fourth-order valence-electron chi connectivity index (χ4n) is 1.59. The number of aromatic nitrogens is 2. The third kappa shape index (κ3) is 5.91. The lowest BCUT2D eigenvalue weighted by Crippen LogP contribution is -1.86. The fourth-order valence-corrected chi connectivity index (χ4v) is 1.71. The number of nitrogens with zero attached hydrogens (tertiary/aromatic N) is 4. The molecule has 0 spiro atoms. The third-order valence-electron chi connectivity index (χ3n) is 2.74. The van der Waals surface area contributed by atoms with Crippen molar-refractivity contribution in [1.29, 1.82) is 10.5 Å². The highest BCUT2D eigenvalue weighted by molar-refractivity contribution is 6.30. The standard InChI is InChI=1S/C12H7ClN2O.C6H3FN2/c13-9-1-4-11(5-2-9)16-12-6-3-10(7-14)15-8-12;7-5-1-2-6(3-8)9-4-5/h1-6,8H;1-2,4H. The van der Waals surface area contributed by atoms with E-state index in [2.05, 4.69) is 9.97 Å². The minimum Gasteiger partial charge on any atom is -0.456 e. The van der Waals surface area contributed by atoms with Gasteiger partial charge in [0.2, 0.25) is 0 Å². The number of hydrogen-bond donors (Lipinski definition) is 0. The normalized spacial score (nSPS) is 9.12. The maximum atomic E-state index is 12.1. The predicted octanol–water partition coefficient (Wildman–Crippen LogP) is 4.49. The Morgan fingerprint density at radius 1 is 0.800 bits per heavy atom. The Bertz CT molecular complexity index is 898. The largest absolute Gasteiger partial charge is 0.456 e. The molecule has 1 aromatic carbocycles. The van der Waals surface area contributed by atoms with Crippen LogP contribution >= 0.6 is 11.6 Å². The van der Waals surface area contributed by atoms with Gasteiger partial charge in [0.15, 0.2) is 0 Å². The predicted molar refractivity (Wildman–Crippen MR) is 89.4 cm³/mol. The summed E-state index contributed by atoms with van der Waals surface area (Å²) in [7, 11) is 0. The molecule has 0 N–H and O–H groups in total. The van der Waals surface area contributed by atoms with Crippen molar-refractivity contribution in [3.8, 4) is 23.6 Å². The average molecular weight is 353 g/mol. The van der Waals surface area contributed by atoms with Crippen LogP contribution in [-0.4, -0.2) is 9.97 Å². The van der Waals surface area contributed by atoms with E-state index in [4.69, 9.17) is 26.9 Å². The van der Waals surface area contributed by atoms with Crippen molar-refractivity contribution >= 4 is 11.6 Å². The van der Waals surface area contributed by atoms with Gasteiger partial charge >= 0.3 is 0 Å². The van der Waals surface area contributed by atoms with Gasteiger partial charge in [0.05, 0.1) is 12.4 Å². The first-order valence-electron chi connectivity index (χ1n) is 6.92. The van der Waals surface area contributed by atoms with E-state index in [1.165, 1.54) is 18.3 Å². The summed E-state index contributed by atoms with van der Waals surface area (Å²) in [5.74, 6) is 0.839. The van der Waals surface area contributed by atoms with Crippen molar-refractivity contribution in [3.05, 3.63) is 83.2 Å². The number of halogens is 2. The zero-order valence-electron chi connectivity index (χ0n) is 12.7. The summed E-state index contributed by atoms with van der Waals surface area (Å²) in [5, 5.41) is 17.4. The minimum atomic E-state index is -0.422. The fraction of sp³-hybridized carbons (Fsp3) is 0. The van der Waals surface area contributed by atoms with Crippen LogP contribution in [0.25, 0.3) is 0 Å². The van der Waals surface area contributed by atoms with Gasteiger partial charge in [0.1, 0.15) is 40.8 Å². The van der Waals surface area contributed by atoms with E-state index in [0.29, 0.717) is 22.2 Å². The monoisotopic (exact) mass is 352 g/mol. The molecule has 0 aliphatic carbocycles. The number of ether oxygens (including phenoxy) is 1. The number of pyridine rings is 2. The van der Waals surface area contributed by atoms with Crippen LogP contribution in [0, 0.1) is 28.5 Å². The molecule has 0 amide bonds. The first-order valence-corrected chi connectivity index (χ1v) is 7.30. The molecule has 0 aliphatic heterocycles.